The highest BCUT2D eigenvalue weighted by Gasteiger charge is 2.41. The van der Waals surface area contributed by atoms with Crippen LogP contribution in [-0.2, 0) is 0 Å². The summed E-state index contributed by atoms with van der Waals surface area (Å²) in [6.45, 7) is 0. The van der Waals surface area contributed by atoms with Gasteiger partial charge in [0, 0.05) is 43.7 Å². The molecule has 3 aromatic heterocycles. The molecule has 0 bridgehead atoms. The summed E-state index contributed by atoms with van der Waals surface area (Å²) in [6.07, 6.45) is 0. The molecule has 3 heterocycles. The molecule has 0 amide bonds. The minimum atomic E-state index is -2.90. The van der Waals surface area contributed by atoms with Gasteiger partial charge in [0.25, 0.3) is 0 Å². The molecule has 0 fully saturated rings. The Morgan fingerprint density at radius 3 is 1.45 bits per heavy atom. The molecule has 58 heavy (non-hydrogen) atoms. The first-order chi connectivity index (χ1) is 28.8. The maximum Gasteiger partial charge on any atom is 0.179 e. The molecule has 0 unspecified atom stereocenters. The van der Waals surface area contributed by atoms with E-state index in [0.717, 1.165) is 27.9 Å². The lowest BCUT2D eigenvalue weighted by Gasteiger charge is -2.35. The Bertz CT molecular complexity index is 3410. The molecule has 0 aliphatic rings. The highest BCUT2D eigenvalue weighted by Crippen LogP contribution is 2.41. The van der Waals surface area contributed by atoms with E-state index in [0.29, 0.717) is 0 Å². The lowest BCUT2D eigenvalue weighted by Crippen LogP contribution is -2.74. The van der Waals surface area contributed by atoms with Crippen LogP contribution in [0.2, 0.25) is 0 Å². The average Bonchev–Trinajstić information content (AvgIpc) is 3.96. The van der Waals surface area contributed by atoms with Gasteiger partial charge in [0.2, 0.25) is 0 Å². The van der Waals surface area contributed by atoms with Crippen molar-refractivity contribution in [2.45, 2.75) is 0 Å². The van der Waals surface area contributed by atoms with Crippen molar-refractivity contribution in [3.05, 3.63) is 218 Å². The van der Waals surface area contributed by atoms with Crippen LogP contribution in [0.25, 0.3) is 76.9 Å². The monoisotopic (exact) mass is 756 g/mol. The van der Waals surface area contributed by atoms with Crippen molar-refractivity contribution in [1.82, 2.24) is 9.13 Å². The Kier molecular flexibility index (Phi) is 7.25. The summed E-state index contributed by atoms with van der Waals surface area (Å²) in [4.78, 5) is 0. The van der Waals surface area contributed by atoms with E-state index in [1.807, 2.05) is 6.07 Å². The summed E-state index contributed by atoms with van der Waals surface area (Å²) in [5.74, 6) is 0. The molecule has 12 rings (SSSR count). The predicted molar refractivity (Wildman–Crippen MR) is 246 cm³/mol. The molecule has 0 spiro atoms. The van der Waals surface area contributed by atoms with Crippen LogP contribution < -0.4 is 20.7 Å². The van der Waals surface area contributed by atoms with Gasteiger partial charge in [-0.05, 0) is 81.4 Å². The van der Waals surface area contributed by atoms with Crippen LogP contribution in [0.5, 0.6) is 0 Å². The second-order valence-electron chi connectivity index (χ2n) is 15.2. The molecular weight excluding hydrogens is 721 g/mol. The van der Waals surface area contributed by atoms with Gasteiger partial charge in [-0.2, -0.15) is 0 Å². The largest absolute Gasteiger partial charge is 0.456 e. The van der Waals surface area contributed by atoms with Crippen LogP contribution in [0.4, 0.5) is 0 Å². The van der Waals surface area contributed by atoms with Crippen molar-refractivity contribution in [2.24, 2.45) is 0 Å². The second-order valence-corrected chi connectivity index (χ2v) is 19.0. The first kappa shape index (κ1) is 32.8. The lowest BCUT2D eigenvalue weighted by atomic mass is 10.1. The Morgan fingerprint density at radius 1 is 0.293 bits per heavy atom. The summed E-state index contributed by atoms with van der Waals surface area (Å²) in [6, 6.07) is 80.3. The number of furan rings is 1. The zero-order chi connectivity index (χ0) is 38.2. The van der Waals surface area contributed by atoms with E-state index in [4.69, 9.17) is 4.42 Å². The minimum absolute atomic E-state index is 0.911. The van der Waals surface area contributed by atoms with Crippen LogP contribution in [0.3, 0.4) is 0 Å². The van der Waals surface area contributed by atoms with E-state index in [1.165, 1.54) is 69.7 Å². The van der Waals surface area contributed by atoms with E-state index in [-0.39, 0.29) is 0 Å². The first-order valence-corrected chi connectivity index (χ1v) is 21.9. The van der Waals surface area contributed by atoms with Crippen molar-refractivity contribution in [3.63, 3.8) is 0 Å². The Morgan fingerprint density at radius 2 is 0.793 bits per heavy atom. The van der Waals surface area contributed by atoms with Crippen molar-refractivity contribution in [1.29, 1.82) is 0 Å². The average molecular weight is 757 g/mol. The van der Waals surface area contributed by atoms with E-state index in [2.05, 4.69) is 221 Å². The number of hydrogen-bond donors (Lipinski definition) is 0. The molecule has 12 aromatic rings. The van der Waals surface area contributed by atoms with Crippen molar-refractivity contribution in [2.75, 3.05) is 0 Å². The Hall–Kier alpha value is -7.40. The van der Waals surface area contributed by atoms with Crippen LogP contribution in [-0.4, -0.2) is 17.2 Å². The second kappa shape index (κ2) is 12.8. The normalized spacial score (nSPS) is 12.1. The highest BCUT2D eigenvalue weighted by atomic mass is 28.3. The third-order valence-corrected chi connectivity index (χ3v) is 17.0. The van der Waals surface area contributed by atoms with Crippen LogP contribution in [0.1, 0.15) is 0 Å². The first-order valence-electron chi connectivity index (χ1n) is 19.9. The number of benzene rings is 9. The van der Waals surface area contributed by atoms with Gasteiger partial charge in [-0.25, -0.2) is 0 Å². The van der Waals surface area contributed by atoms with Crippen molar-refractivity contribution >= 4 is 94.4 Å². The van der Waals surface area contributed by atoms with E-state index >= 15 is 0 Å². The fraction of sp³-hybridized carbons (Fsp3) is 0. The summed E-state index contributed by atoms with van der Waals surface area (Å²) in [7, 11) is -2.90. The molecule has 0 atom stereocenters. The van der Waals surface area contributed by atoms with Gasteiger partial charge >= 0.3 is 0 Å². The highest BCUT2D eigenvalue weighted by molar-refractivity contribution is 7.19. The number of para-hydroxylation sites is 4. The number of rotatable bonds is 6. The molecule has 0 aliphatic carbocycles. The molecule has 0 saturated heterocycles. The predicted octanol–water partition coefficient (Wildman–Crippen LogP) is 11.2. The topological polar surface area (TPSA) is 23.0 Å². The van der Waals surface area contributed by atoms with Crippen LogP contribution >= 0.6 is 0 Å². The molecule has 3 nitrogen and oxygen atoms in total. The fourth-order valence-corrected chi connectivity index (χ4v) is 14.6. The number of aromatic nitrogens is 2. The molecule has 0 aliphatic heterocycles. The van der Waals surface area contributed by atoms with Gasteiger partial charge in [0.15, 0.2) is 8.07 Å². The van der Waals surface area contributed by atoms with E-state index in [1.54, 1.807) is 0 Å². The van der Waals surface area contributed by atoms with Gasteiger partial charge in [-0.1, -0.05) is 158 Å². The third kappa shape index (κ3) is 4.67. The number of nitrogens with zero attached hydrogens (tertiary/aromatic N) is 2. The summed E-state index contributed by atoms with van der Waals surface area (Å²) in [5, 5.41) is 12.6. The molecule has 9 aromatic carbocycles. The van der Waals surface area contributed by atoms with Gasteiger partial charge in [0.05, 0.1) is 22.1 Å². The Labute approximate surface area is 336 Å². The van der Waals surface area contributed by atoms with Crippen LogP contribution in [0, 0.1) is 0 Å². The summed E-state index contributed by atoms with van der Waals surface area (Å²) >= 11 is 0. The molecule has 0 N–H and O–H groups in total. The maximum atomic E-state index is 6.40. The SMILES string of the molecule is c1ccc([Si](c2ccccc2)(c2ccc(-n3c4ccccc4c4ccccc43)cc2)c2cccc(-n3c4ccccc4c4c5c(ccc43)oc3ccccc35)c2)cc1. The Balaban J connectivity index is 1.12. The van der Waals surface area contributed by atoms with Gasteiger partial charge in [-0.15, -0.1) is 0 Å². The summed E-state index contributed by atoms with van der Waals surface area (Å²) in [5.41, 5.74) is 8.89. The molecular formula is C54H36N2OSi. The molecule has 0 saturated carbocycles. The van der Waals surface area contributed by atoms with Crippen molar-refractivity contribution in [3.8, 4) is 11.4 Å². The molecule has 272 valence electrons. The zero-order valence-electron chi connectivity index (χ0n) is 31.6. The zero-order valence-corrected chi connectivity index (χ0v) is 32.6. The number of hydrogen-bond acceptors (Lipinski definition) is 1. The van der Waals surface area contributed by atoms with Gasteiger partial charge < -0.3 is 13.6 Å². The third-order valence-electron chi connectivity index (χ3n) is 12.3. The fourth-order valence-electron chi connectivity index (χ4n) is 9.87. The molecule has 4 heteroatoms. The van der Waals surface area contributed by atoms with Crippen molar-refractivity contribution < 1.29 is 4.42 Å². The standard InChI is InChI=1S/C54H36N2OSi/c1-3-17-39(18-4-1)58(40-19-5-2-6-20-40,41-32-30-37(31-33-41)55-47-26-11-7-22-43(47)44-23-8-12-27-48(44)55)42-21-15-16-38(36-42)56-49-28-13-9-24-45(49)53-50(56)34-35-52-54(53)46-25-10-14-29-51(46)57-52/h1-36H. The van der Waals surface area contributed by atoms with Gasteiger partial charge in [-0.3, -0.25) is 0 Å². The van der Waals surface area contributed by atoms with E-state index < -0.39 is 8.07 Å². The number of fused-ring (bicyclic) bond motifs is 10. The van der Waals surface area contributed by atoms with Crippen LogP contribution in [0.15, 0.2) is 223 Å². The maximum absolute atomic E-state index is 6.40. The minimum Gasteiger partial charge on any atom is -0.456 e. The molecule has 0 radical (unpaired) electrons. The quantitative estimate of drug-likeness (QED) is 0.122. The lowest BCUT2D eigenvalue weighted by molar-refractivity contribution is 0.669. The summed E-state index contributed by atoms with van der Waals surface area (Å²) < 4.78 is 11.3. The van der Waals surface area contributed by atoms with E-state index in [9.17, 15) is 0 Å². The van der Waals surface area contributed by atoms with Gasteiger partial charge in [0.1, 0.15) is 11.2 Å². The smallest absolute Gasteiger partial charge is 0.179 e.